The monoisotopic (exact) mass is 366 g/mol. The fraction of sp³-hybridized carbons (Fsp3) is 0.167. The number of ether oxygens (including phenoxy) is 1. The van der Waals surface area contributed by atoms with Gasteiger partial charge in [-0.2, -0.15) is 5.10 Å². The normalized spacial score (nSPS) is 14.5. The van der Waals surface area contributed by atoms with Crippen molar-refractivity contribution in [1.82, 2.24) is 20.1 Å². The fourth-order valence-corrected chi connectivity index (χ4v) is 3.76. The molecule has 130 valence electrons. The number of rotatable bonds is 4. The van der Waals surface area contributed by atoms with E-state index >= 15 is 0 Å². The number of fused-ring (bicyclic) bond motifs is 1. The van der Waals surface area contributed by atoms with Crippen LogP contribution in [0.4, 0.5) is 0 Å². The quantitative estimate of drug-likeness (QED) is 0.600. The fourth-order valence-electron chi connectivity index (χ4n) is 2.87. The van der Waals surface area contributed by atoms with Gasteiger partial charge in [-0.3, -0.25) is 9.89 Å². The zero-order valence-electron chi connectivity index (χ0n) is 13.6. The lowest BCUT2D eigenvalue weighted by Crippen LogP contribution is -2.56. The van der Waals surface area contributed by atoms with Crippen molar-refractivity contribution in [1.29, 1.82) is 0 Å². The average molecular weight is 366 g/mol. The number of nitrogens with zero attached hydrogens (tertiary/aromatic N) is 3. The highest BCUT2D eigenvalue weighted by Gasteiger charge is 2.34. The summed E-state index contributed by atoms with van der Waals surface area (Å²) in [6.07, 6.45) is 1.54. The minimum atomic E-state index is -0.122. The van der Waals surface area contributed by atoms with Crippen LogP contribution in [0, 0.1) is 0 Å². The van der Waals surface area contributed by atoms with Crippen molar-refractivity contribution in [2.45, 2.75) is 6.10 Å². The predicted octanol–water partition coefficient (Wildman–Crippen LogP) is 3.18. The highest BCUT2D eigenvalue weighted by Crippen LogP contribution is 2.29. The van der Waals surface area contributed by atoms with Crippen LogP contribution in [0.15, 0.2) is 53.1 Å². The van der Waals surface area contributed by atoms with Crippen molar-refractivity contribution in [3.8, 4) is 16.6 Å². The van der Waals surface area contributed by atoms with Crippen LogP contribution >= 0.6 is 11.3 Å². The number of hydrogen-bond donors (Lipinski definition) is 1. The molecule has 0 bridgehead atoms. The van der Waals surface area contributed by atoms with Gasteiger partial charge in [-0.1, -0.05) is 23.5 Å². The molecule has 1 aliphatic rings. The Morgan fingerprint density at radius 3 is 2.96 bits per heavy atom. The molecule has 0 spiro atoms. The Balaban J connectivity index is 1.21. The first-order valence-electron chi connectivity index (χ1n) is 8.17. The second kappa shape index (κ2) is 5.99. The number of aromatic nitrogens is 3. The van der Waals surface area contributed by atoms with E-state index in [4.69, 9.17) is 9.15 Å². The van der Waals surface area contributed by atoms with Gasteiger partial charge in [0, 0.05) is 6.07 Å². The van der Waals surface area contributed by atoms with Gasteiger partial charge in [0.25, 0.3) is 11.1 Å². The van der Waals surface area contributed by atoms with Crippen LogP contribution in [0.25, 0.3) is 21.7 Å². The van der Waals surface area contributed by atoms with Gasteiger partial charge in [-0.25, -0.2) is 4.98 Å². The third-order valence-corrected chi connectivity index (χ3v) is 5.19. The number of furan rings is 1. The summed E-state index contributed by atoms with van der Waals surface area (Å²) in [4.78, 5) is 18.7. The van der Waals surface area contributed by atoms with Crippen LogP contribution in [0.2, 0.25) is 0 Å². The van der Waals surface area contributed by atoms with E-state index in [2.05, 4.69) is 15.2 Å². The molecule has 4 aromatic rings. The first kappa shape index (κ1) is 15.2. The molecule has 3 aromatic heterocycles. The van der Waals surface area contributed by atoms with Gasteiger partial charge in [0.05, 0.1) is 29.6 Å². The van der Waals surface area contributed by atoms with Crippen LogP contribution in [-0.4, -0.2) is 45.2 Å². The number of carbonyl (C=O) groups is 1. The first-order valence-corrected chi connectivity index (χ1v) is 8.99. The summed E-state index contributed by atoms with van der Waals surface area (Å²) < 4.78 is 12.3. The van der Waals surface area contributed by atoms with Gasteiger partial charge in [0.15, 0.2) is 11.5 Å². The third-order valence-electron chi connectivity index (χ3n) is 4.26. The molecule has 0 saturated carbocycles. The lowest BCUT2D eigenvalue weighted by Gasteiger charge is -2.37. The number of carbonyl (C=O) groups excluding carboxylic acids is 1. The molecule has 1 aliphatic heterocycles. The molecule has 1 N–H and O–H groups in total. The van der Waals surface area contributed by atoms with Crippen molar-refractivity contribution in [3.05, 3.63) is 54.4 Å². The molecule has 1 aromatic carbocycles. The Kier molecular flexibility index (Phi) is 3.49. The number of H-pyrrole nitrogens is 1. The molecule has 0 radical (unpaired) electrons. The molecule has 1 fully saturated rings. The van der Waals surface area contributed by atoms with E-state index in [1.54, 1.807) is 23.3 Å². The molecule has 4 heterocycles. The molecule has 7 nitrogen and oxygen atoms in total. The van der Waals surface area contributed by atoms with Gasteiger partial charge >= 0.3 is 0 Å². The molecular weight excluding hydrogens is 352 g/mol. The molecule has 5 rings (SSSR count). The zero-order valence-corrected chi connectivity index (χ0v) is 14.4. The van der Waals surface area contributed by atoms with E-state index in [0.29, 0.717) is 35.4 Å². The van der Waals surface area contributed by atoms with E-state index in [-0.39, 0.29) is 12.0 Å². The first-order chi connectivity index (χ1) is 12.8. The SMILES string of the molecule is O=C(c1cc(-c2ccco2)[nH]n1)N1CC(Oc2nc3ccccc3s2)C1. The summed E-state index contributed by atoms with van der Waals surface area (Å²) in [5.41, 5.74) is 1.98. The number of likely N-dealkylation sites (tertiary alicyclic amines) is 1. The highest BCUT2D eigenvalue weighted by molar-refractivity contribution is 7.20. The van der Waals surface area contributed by atoms with Gasteiger partial charge in [0.1, 0.15) is 11.8 Å². The van der Waals surface area contributed by atoms with Gasteiger partial charge in [0.2, 0.25) is 0 Å². The number of benzene rings is 1. The summed E-state index contributed by atoms with van der Waals surface area (Å²) >= 11 is 1.52. The Morgan fingerprint density at radius 1 is 1.27 bits per heavy atom. The minimum Gasteiger partial charge on any atom is -0.463 e. The largest absolute Gasteiger partial charge is 0.463 e. The Bertz CT molecular complexity index is 1030. The van der Waals surface area contributed by atoms with Gasteiger partial charge < -0.3 is 14.1 Å². The van der Waals surface area contributed by atoms with Crippen molar-refractivity contribution in [2.75, 3.05) is 13.1 Å². The average Bonchev–Trinajstić information content (AvgIpc) is 3.36. The second-order valence-corrected chi connectivity index (χ2v) is 7.03. The Labute approximate surface area is 152 Å². The number of amides is 1. The highest BCUT2D eigenvalue weighted by atomic mass is 32.1. The molecule has 0 atom stereocenters. The topological polar surface area (TPSA) is 84.2 Å². The van der Waals surface area contributed by atoms with E-state index in [1.807, 2.05) is 30.3 Å². The molecule has 0 aliphatic carbocycles. The van der Waals surface area contributed by atoms with Crippen LogP contribution in [-0.2, 0) is 0 Å². The van der Waals surface area contributed by atoms with Crippen molar-refractivity contribution in [3.63, 3.8) is 0 Å². The number of para-hydroxylation sites is 1. The van der Waals surface area contributed by atoms with Crippen LogP contribution in [0.1, 0.15) is 10.5 Å². The zero-order chi connectivity index (χ0) is 17.5. The standard InChI is InChI=1S/C18H14N4O3S/c23-17(14-8-13(20-21-14)15-5-3-7-24-15)22-9-11(10-22)25-18-19-12-4-1-2-6-16(12)26-18/h1-8,11H,9-10H2,(H,20,21). The van der Waals surface area contributed by atoms with Gasteiger partial charge in [-0.05, 0) is 24.3 Å². The minimum absolute atomic E-state index is 0.0389. The molecule has 1 saturated heterocycles. The van der Waals surface area contributed by atoms with E-state index in [1.165, 1.54) is 11.3 Å². The van der Waals surface area contributed by atoms with Crippen molar-refractivity contribution < 1.29 is 13.9 Å². The van der Waals surface area contributed by atoms with E-state index in [0.717, 1.165) is 10.2 Å². The molecule has 1 amide bonds. The maximum Gasteiger partial charge on any atom is 0.274 e. The molecule has 8 heteroatoms. The van der Waals surface area contributed by atoms with E-state index in [9.17, 15) is 4.79 Å². The van der Waals surface area contributed by atoms with Crippen molar-refractivity contribution >= 4 is 27.5 Å². The molecule has 26 heavy (non-hydrogen) atoms. The molecule has 0 unspecified atom stereocenters. The summed E-state index contributed by atoms with van der Waals surface area (Å²) in [5.74, 6) is 0.528. The number of nitrogens with one attached hydrogen (secondary N) is 1. The number of aromatic amines is 1. The number of thiazole rings is 1. The lowest BCUT2D eigenvalue weighted by molar-refractivity contribution is 0.0173. The van der Waals surface area contributed by atoms with Gasteiger partial charge in [-0.15, -0.1) is 0 Å². The van der Waals surface area contributed by atoms with Crippen LogP contribution < -0.4 is 4.74 Å². The summed E-state index contributed by atoms with van der Waals surface area (Å²) in [7, 11) is 0. The summed E-state index contributed by atoms with van der Waals surface area (Å²) in [5, 5.41) is 7.55. The smallest absolute Gasteiger partial charge is 0.274 e. The summed E-state index contributed by atoms with van der Waals surface area (Å²) in [6.45, 7) is 1.05. The lowest BCUT2D eigenvalue weighted by atomic mass is 10.1. The molecular formula is C18H14N4O3S. The summed E-state index contributed by atoms with van der Waals surface area (Å²) in [6, 6.07) is 13.2. The third kappa shape index (κ3) is 2.64. The van der Waals surface area contributed by atoms with Crippen LogP contribution in [0.5, 0.6) is 5.19 Å². The Hall–Kier alpha value is -3.13. The number of hydrogen-bond acceptors (Lipinski definition) is 6. The second-order valence-electron chi connectivity index (χ2n) is 6.04. The van der Waals surface area contributed by atoms with Crippen LogP contribution in [0.3, 0.4) is 0 Å². The predicted molar refractivity (Wildman–Crippen MR) is 96.2 cm³/mol. The van der Waals surface area contributed by atoms with Crippen molar-refractivity contribution in [2.24, 2.45) is 0 Å². The Morgan fingerprint density at radius 2 is 2.15 bits per heavy atom. The maximum atomic E-state index is 12.5. The van der Waals surface area contributed by atoms with E-state index < -0.39 is 0 Å². The maximum absolute atomic E-state index is 12.5.